The predicted octanol–water partition coefficient (Wildman–Crippen LogP) is 6.22. The van der Waals surface area contributed by atoms with Crippen LogP contribution in [-0.2, 0) is 4.79 Å². The SMILES string of the molecule is C[C@H]1CCCC[C@H]1N1C(=O)/C(=C/c2ccc(Br)o2)SC1=Nc1ccccc1. The number of amides is 1. The summed E-state index contributed by atoms with van der Waals surface area (Å²) >= 11 is 4.75. The molecule has 6 heteroatoms. The first-order valence-corrected chi connectivity index (χ1v) is 10.8. The van der Waals surface area contributed by atoms with E-state index in [-0.39, 0.29) is 11.9 Å². The molecule has 0 spiro atoms. The van der Waals surface area contributed by atoms with E-state index in [1.165, 1.54) is 18.2 Å². The van der Waals surface area contributed by atoms with E-state index in [1.54, 1.807) is 0 Å². The number of carbonyl (C=O) groups is 1. The van der Waals surface area contributed by atoms with Crippen molar-refractivity contribution in [2.24, 2.45) is 10.9 Å². The Morgan fingerprint density at radius 1 is 1.19 bits per heavy atom. The molecule has 140 valence electrons. The number of hydrogen-bond donors (Lipinski definition) is 0. The summed E-state index contributed by atoms with van der Waals surface area (Å²) in [6.07, 6.45) is 6.39. The molecule has 4 nitrogen and oxygen atoms in total. The number of amidine groups is 1. The Hall–Kier alpha value is -1.79. The average Bonchev–Trinajstić information content (AvgIpc) is 3.20. The summed E-state index contributed by atoms with van der Waals surface area (Å²) < 4.78 is 6.22. The summed E-state index contributed by atoms with van der Waals surface area (Å²) in [5.74, 6) is 1.16. The van der Waals surface area contributed by atoms with Gasteiger partial charge in [0.1, 0.15) is 5.76 Å². The Morgan fingerprint density at radius 2 is 1.96 bits per heavy atom. The van der Waals surface area contributed by atoms with Gasteiger partial charge in [0.25, 0.3) is 5.91 Å². The van der Waals surface area contributed by atoms with Crippen LogP contribution < -0.4 is 0 Å². The van der Waals surface area contributed by atoms with E-state index in [2.05, 4.69) is 22.9 Å². The third-order valence-electron chi connectivity index (χ3n) is 5.08. The third-order valence-corrected chi connectivity index (χ3v) is 6.49. The minimum atomic E-state index is 0.0287. The maximum Gasteiger partial charge on any atom is 0.267 e. The Balaban J connectivity index is 1.71. The van der Waals surface area contributed by atoms with E-state index in [9.17, 15) is 4.79 Å². The van der Waals surface area contributed by atoms with E-state index in [4.69, 9.17) is 9.41 Å². The van der Waals surface area contributed by atoms with Crippen LogP contribution in [0, 0.1) is 5.92 Å². The summed E-state index contributed by atoms with van der Waals surface area (Å²) in [7, 11) is 0. The normalized spacial score (nSPS) is 26.3. The summed E-state index contributed by atoms with van der Waals surface area (Å²) in [4.78, 5) is 20.6. The van der Waals surface area contributed by atoms with Crippen molar-refractivity contribution in [2.45, 2.75) is 38.6 Å². The van der Waals surface area contributed by atoms with E-state index in [1.807, 2.05) is 53.4 Å². The fourth-order valence-corrected chi connectivity index (χ4v) is 5.03. The van der Waals surface area contributed by atoms with Crippen molar-refractivity contribution in [2.75, 3.05) is 0 Å². The van der Waals surface area contributed by atoms with E-state index in [0.717, 1.165) is 30.1 Å². The number of benzene rings is 1. The number of aliphatic imine (C=N–C) groups is 1. The molecule has 0 radical (unpaired) electrons. The van der Waals surface area contributed by atoms with Crippen LogP contribution in [0.4, 0.5) is 5.69 Å². The third kappa shape index (κ3) is 4.06. The van der Waals surface area contributed by atoms with Gasteiger partial charge in [-0.05, 0) is 70.7 Å². The molecule has 2 atom stereocenters. The summed E-state index contributed by atoms with van der Waals surface area (Å²) in [6, 6.07) is 13.7. The van der Waals surface area contributed by atoms with Crippen LogP contribution in [0.5, 0.6) is 0 Å². The second kappa shape index (κ2) is 8.07. The lowest BCUT2D eigenvalue weighted by atomic mass is 9.85. The molecule has 0 N–H and O–H groups in total. The number of nitrogens with zero attached hydrogens (tertiary/aromatic N) is 2. The highest BCUT2D eigenvalue weighted by atomic mass is 79.9. The molecule has 0 bridgehead atoms. The van der Waals surface area contributed by atoms with Crippen LogP contribution >= 0.6 is 27.7 Å². The molecule has 1 aliphatic carbocycles. The zero-order valence-electron chi connectivity index (χ0n) is 15.1. The van der Waals surface area contributed by atoms with Gasteiger partial charge in [0.15, 0.2) is 9.84 Å². The molecule has 2 aliphatic rings. The van der Waals surface area contributed by atoms with Gasteiger partial charge < -0.3 is 4.42 Å². The van der Waals surface area contributed by atoms with Gasteiger partial charge in [-0.1, -0.05) is 38.0 Å². The van der Waals surface area contributed by atoms with Crippen LogP contribution in [0.3, 0.4) is 0 Å². The van der Waals surface area contributed by atoms with E-state index >= 15 is 0 Å². The fraction of sp³-hybridized carbons (Fsp3) is 0.333. The van der Waals surface area contributed by atoms with Crippen LogP contribution in [-0.4, -0.2) is 22.0 Å². The summed E-state index contributed by atoms with van der Waals surface area (Å²) in [6.45, 7) is 2.24. The van der Waals surface area contributed by atoms with Crippen molar-refractivity contribution in [1.29, 1.82) is 0 Å². The number of halogens is 1. The number of thioether (sulfide) groups is 1. The molecule has 4 rings (SSSR count). The van der Waals surface area contributed by atoms with E-state index in [0.29, 0.717) is 21.3 Å². The highest BCUT2D eigenvalue weighted by molar-refractivity contribution is 9.10. The summed E-state index contributed by atoms with van der Waals surface area (Å²) in [5, 5.41) is 0.766. The first kappa shape index (κ1) is 18.6. The van der Waals surface area contributed by atoms with Gasteiger partial charge in [0.05, 0.1) is 10.6 Å². The van der Waals surface area contributed by atoms with Gasteiger partial charge in [0.2, 0.25) is 0 Å². The van der Waals surface area contributed by atoms with Crippen molar-refractivity contribution in [1.82, 2.24) is 4.90 Å². The lowest BCUT2D eigenvalue weighted by molar-refractivity contribution is -0.124. The second-order valence-electron chi connectivity index (χ2n) is 6.99. The smallest absolute Gasteiger partial charge is 0.267 e. The molecule has 1 aromatic heterocycles. The predicted molar refractivity (Wildman–Crippen MR) is 114 cm³/mol. The fourth-order valence-electron chi connectivity index (χ4n) is 3.69. The second-order valence-corrected chi connectivity index (χ2v) is 8.78. The van der Waals surface area contributed by atoms with Gasteiger partial charge in [-0.2, -0.15) is 0 Å². The van der Waals surface area contributed by atoms with Crippen LogP contribution in [0.2, 0.25) is 0 Å². The Bertz CT molecular complexity index is 891. The van der Waals surface area contributed by atoms with E-state index < -0.39 is 0 Å². The van der Waals surface area contributed by atoms with Crippen LogP contribution in [0.25, 0.3) is 6.08 Å². The highest BCUT2D eigenvalue weighted by Crippen LogP contribution is 2.40. The lowest BCUT2D eigenvalue weighted by Crippen LogP contribution is -2.44. The molecule has 27 heavy (non-hydrogen) atoms. The molecule has 2 aromatic rings. The topological polar surface area (TPSA) is 45.8 Å². The molecule has 0 unspecified atom stereocenters. The number of furan rings is 1. The number of hydrogen-bond acceptors (Lipinski definition) is 4. The van der Waals surface area contributed by atoms with Crippen LogP contribution in [0.15, 0.2) is 61.4 Å². The molecule has 2 fully saturated rings. The van der Waals surface area contributed by atoms with Crippen molar-refractivity contribution in [3.8, 4) is 0 Å². The van der Waals surface area contributed by atoms with Gasteiger partial charge in [-0.15, -0.1) is 0 Å². The standard InChI is InChI=1S/C21H21BrN2O2S/c1-14-7-5-6-10-17(14)24-20(25)18(13-16-11-12-19(22)26-16)27-21(24)23-15-8-3-2-4-9-15/h2-4,8-9,11-14,17H,5-7,10H2,1H3/b18-13-,23-21?/t14-,17+/m0/s1. The Kier molecular flexibility index (Phi) is 5.55. The molecular weight excluding hydrogens is 424 g/mol. The van der Waals surface area contributed by atoms with Crippen LogP contribution in [0.1, 0.15) is 38.4 Å². The van der Waals surface area contributed by atoms with Crippen molar-refractivity contribution >= 4 is 50.5 Å². The maximum absolute atomic E-state index is 13.3. The Morgan fingerprint density at radius 3 is 2.67 bits per heavy atom. The summed E-state index contributed by atoms with van der Waals surface area (Å²) in [5.41, 5.74) is 0.864. The van der Waals surface area contributed by atoms with Gasteiger partial charge in [-0.3, -0.25) is 9.69 Å². The lowest BCUT2D eigenvalue weighted by Gasteiger charge is -2.35. The van der Waals surface area contributed by atoms with Crippen molar-refractivity contribution < 1.29 is 9.21 Å². The zero-order chi connectivity index (χ0) is 18.8. The molecule has 1 amide bonds. The molecule has 1 aromatic carbocycles. The molecule has 2 heterocycles. The van der Waals surface area contributed by atoms with Crippen molar-refractivity contribution in [3.63, 3.8) is 0 Å². The maximum atomic E-state index is 13.3. The largest absolute Gasteiger partial charge is 0.450 e. The first-order chi connectivity index (χ1) is 13.1. The minimum absolute atomic E-state index is 0.0287. The first-order valence-electron chi connectivity index (χ1n) is 9.24. The average molecular weight is 445 g/mol. The number of para-hydroxylation sites is 1. The molecule has 1 saturated carbocycles. The molecular formula is C21H21BrN2O2S. The number of rotatable bonds is 3. The monoisotopic (exact) mass is 444 g/mol. The number of carbonyl (C=O) groups excluding carboxylic acids is 1. The van der Waals surface area contributed by atoms with Gasteiger partial charge in [0, 0.05) is 12.1 Å². The zero-order valence-corrected chi connectivity index (χ0v) is 17.5. The van der Waals surface area contributed by atoms with Gasteiger partial charge >= 0.3 is 0 Å². The molecule has 1 aliphatic heterocycles. The Labute approximate surface area is 171 Å². The highest BCUT2D eigenvalue weighted by Gasteiger charge is 2.41. The minimum Gasteiger partial charge on any atom is -0.450 e. The quantitative estimate of drug-likeness (QED) is 0.527. The van der Waals surface area contributed by atoms with Crippen molar-refractivity contribution in [3.05, 3.63) is 57.8 Å². The van der Waals surface area contributed by atoms with Gasteiger partial charge in [-0.25, -0.2) is 4.99 Å². The molecule has 1 saturated heterocycles.